The maximum absolute atomic E-state index is 12.9. The van der Waals surface area contributed by atoms with Crippen molar-refractivity contribution in [2.45, 2.75) is 37.2 Å². The highest BCUT2D eigenvalue weighted by atomic mass is 19.4. The van der Waals surface area contributed by atoms with Crippen LogP contribution in [0.25, 0.3) is 33.4 Å². The average Bonchev–Trinajstić information content (AvgIpc) is 3.16. The largest absolute Gasteiger partial charge is 0.573 e. The van der Waals surface area contributed by atoms with Gasteiger partial charge in [0, 0.05) is 5.56 Å². The molecule has 1 nitrogen and oxygen atoms in total. The fourth-order valence-corrected chi connectivity index (χ4v) is 5.55. The van der Waals surface area contributed by atoms with Gasteiger partial charge in [0.05, 0.1) is 27.8 Å². The van der Waals surface area contributed by atoms with Crippen LogP contribution in [-0.4, -0.2) is 6.36 Å². The van der Waals surface area contributed by atoms with Crippen molar-refractivity contribution < 1.29 is 83.8 Å². The molecular weight excluding hydrogens is 862 g/mol. The summed E-state index contributed by atoms with van der Waals surface area (Å²) >= 11 is 0. The maximum atomic E-state index is 12.9. The first kappa shape index (κ1) is 47.5. The van der Waals surface area contributed by atoms with E-state index in [9.17, 15) is 79.0 Å². The minimum atomic E-state index is -4.98. The van der Waals surface area contributed by atoms with Crippen LogP contribution in [0.5, 0.6) is 5.75 Å². The van der Waals surface area contributed by atoms with E-state index >= 15 is 0 Å². The molecule has 6 aromatic rings. The summed E-state index contributed by atoms with van der Waals surface area (Å²) in [5.74, 6) is -0.679. The zero-order valence-corrected chi connectivity index (χ0v) is 30.1. The Balaban J connectivity index is 0.000000202. The number of rotatable bonds is 4. The Morgan fingerprint density at radius 2 is 0.574 bits per heavy atom. The summed E-state index contributed by atoms with van der Waals surface area (Å²) in [4.78, 5) is 0. The Morgan fingerprint density at radius 3 is 0.885 bits per heavy atom. The van der Waals surface area contributed by atoms with Crippen LogP contribution in [0.4, 0.5) is 79.0 Å². The SMILES string of the molecule is FC(F)(F)Oc1ccccc1-c1ccccc1C(F)(F)F.FC(F)(F)c1cccc(-c2cccc(C(F)(F)F)c2)c1.FC(F)(F)c1ccccc1-c1ccccc1C(F)(F)F. The lowest BCUT2D eigenvalue weighted by molar-refractivity contribution is -0.274. The smallest absolute Gasteiger partial charge is 0.405 e. The van der Waals surface area contributed by atoms with E-state index in [-0.39, 0.29) is 22.3 Å². The zero-order valence-electron chi connectivity index (χ0n) is 30.1. The predicted molar refractivity (Wildman–Crippen MR) is 187 cm³/mol. The number of halogens is 18. The van der Waals surface area contributed by atoms with Crippen molar-refractivity contribution in [3.05, 3.63) is 173 Å². The fourth-order valence-electron chi connectivity index (χ4n) is 5.55. The van der Waals surface area contributed by atoms with Gasteiger partial charge < -0.3 is 4.74 Å². The van der Waals surface area contributed by atoms with Crippen molar-refractivity contribution in [3.8, 4) is 39.1 Å². The van der Waals surface area contributed by atoms with Gasteiger partial charge in [0.1, 0.15) is 5.75 Å². The molecule has 0 spiro atoms. The predicted octanol–water partition coefficient (Wildman–Crippen LogP) is 16.1. The summed E-state index contributed by atoms with van der Waals surface area (Å²) in [7, 11) is 0. The summed E-state index contributed by atoms with van der Waals surface area (Å²) in [5.41, 5.74) is -6.42. The molecule has 0 radical (unpaired) electrons. The van der Waals surface area contributed by atoms with E-state index in [0.717, 1.165) is 84.9 Å². The second kappa shape index (κ2) is 18.2. The Labute approximate surface area is 333 Å². The second-order valence-corrected chi connectivity index (χ2v) is 12.3. The van der Waals surface area contributed by atoms with E-state index in [2.05, 4.69) is 4.74 Å². The molecule has 0 aliphatic heterocycles. The number of alkyl halides is 18. The summed E-state index contributed by atoms with van der Waals surface area (Å²) in [6.45, 7) is 0. The summed E-state index contributed by atoms with van der Waals surface area (Å²) in [6.07, 6.45) is -28.1. The van der Waals surface area contributed by atoms with Gasteiger partial charge in [-0.3, -0.25) is 0 Å². The first-order valence-corrected chi connectivity index (χ1v) is 16.8. The minimum Gasteiger partial charge on any atom is -0.405 e. The van der Waals surface area contributed by atoms with E-state index in [1.165, 1.54) is 60.7 Å². The molecule has 0 unspecified atom stereocenters. The highest BCUT2D eigenvalue weighted by Crippen LogP contribution is 2.44. The van der Waals surface area contributed by atoms with Gasteiger partial charge in [-0.25, -0.2) is 0 Å². The van der Waals surface area contributed by atoms with Crippen molar-refractivity contribution in [3.63, 3.8) is 0 Å². The standard InChI is InChI=1S/C14H8F6O.2C14H8F6/c15-13(16,17)11-7-3-1-5-9(11)10-6-2-4-8-12(10)21-14(18,19)20;15-13(16,17)11-5-1-3-9(7-11)10-4-2-6-12(8-10)14(18,19)20;15-13(16,17)11-7-3-1-5-9(11)10-6-2-4-8-12(10)14(18,19)20/h1-8H;2*1-8H. The maximum Gasteiger partial charge on any atom is 0.573 e. The van der Waals surface area contributed by atoms with Crippen molar-refractivity contribution >= 4 is 0 Å². The van der Waals surface area contributed by atoms with E-state index in [1.807, 2.05) is 0 Å². The molecule has 0 aromatic heterocycles. The number of hydrogen-bond donors (Lipinski definition) is 0. The molecule has 0 heterocycles. The fraction of sp³-hybridized carbons (Fsp3) is 0.143. The molecular formula is C42H24F18O. The van der Waals surface area contributed by atoms with Crippen LogP contribution in [0.3, 0.4) is 0 Å². The highest BCUT2D eigenvalue weighted by molar-refractivity contribution is 5.74. The van der Waals surface area contributed by atoms with E-state index in [4.69, 9.17) is 0 Å². The van der Waals surface area contributed by atoms with E-state index in [0.29, 0.717) is 0 Å². The third-order valence-corrected chi connectivity index (χ3v) is 8.10. The van der Waals surface area contributed by atoms with Gasteiger partial charge >= 0.3 is 37.2 Å². The van der Waals surface area contributed by atoms with Crippen molar-refractivity contribution in [2.75, 3.05) is 0 Å². The molecule has 0 saturated carbocycles. The van der Waals surface area contributed by atoms with Crippen LogP contribution >= 0.6 is 0 Å². The first-order valence-electron chi connectivity index (χ1n) is 16.8. The van der Waals surface area contributed by atoms with Crippen molar-refractivity contribution in [1.82, 2.24) is 0 Å². The van der Waals surface area contributed by atoms with Crippen molar-refractivity contribution in [2.24, 2.45) is 0 Å². The first-order chi connectivity index (χ1) is 28.1. The monoisotopic (exact) mass is 886 g/mol. The molecule has 0 amide bonds. The molecule has 0 aliphatic rings. The Bertz CT molecular complexity index is 2270. The summed E-state index contributed by atoms with van der Waals surface area (Å²) in [6, 6.07) is 25.9. The van der Waals surface area contributed by atoms with Gasteiger partial charge in [-0.15, -0.1) is 13.2 Å². The molecule has 0 N–H and O–H groups in total. The lowest BCUT2D eigenvalue weighted by Gasteiger charge is -2.17. The Kier molecular flexibility index (Phi) is 14.2. The van der Waals surface area contributed by atoms with Crippen LogP contribution in [0.15, 0.2) is 146 Å². The molecule has 0 bridgehead atoms. The summed E-state index contributed by atoms with van der Waals surface area (Å²) in [5, 5.41) is 0. The molecule has 0 aliphatic carbocycles. The van der Waals surface area contributed by atoms with Gasteiger partial charge in [0.2, 0.25) is 0 Å². The molecule has 0 atom stereocenters. The van der Waals surface area contributed by atoms with Gasteiger partial charge in [0.25, 0.3) is 0 Å². The molecule has 324 valence electrons. The van der Waals surface area contributed by atoms with E-state index in [1.54, 1.807) is 0 Å². The molecule has 0 saturated heterocycles. The number of ether oxygens (including phenoxy) is 1. The van der Waals surface area contributed by atoms with Crippen LogP contribution in [0.2, 0.25) is 0 Å². The van der Waals surface area contributed by atoms with Crippen LogP contribution in [0, 0.1) is 0 Å². The third kappa shape index (κ3) is 13.2. The third-order valence-electron chi connectivity index (χ3n) is 8.10. The number of benzene rings is 6. The van der Waals surface area contributed by atoms with Gasteiger partial charge in [-0.2, -0.15) is 65.9 Å². The van der Waals surface area contributed by atoms with Crippen LogP contribution < -0.4 is 4.74 Å². The minimum absolute atomic E-state index is 0.0888. The van der Waals surface area contributed by atoms with Gasteiger partial charge in [-0.1, -0.05) is 97.1 Å². The number of para-hydroxylation sites is 1. The second-order valence-electron chi connectivity index (χ2n) is 12.3. The molecule has 6 aromatic carbocycles. The lowest BCUT2D eigenvalue weighted by Crippen LogP contribution is -2.18. The molecule has 0 fully saturated rings. The van der Waals surface area contributed by atoms with Crippen molar-refractivity contribution in [1.29, 1.82) is 0 Å². The molecule has 6 rings (SSSR count). The zero-order chi connectivity index (χ0) is 45.6. The average molecular weight is 887 g/mol. The topological polar surface area (TPSA) is 9.23 Å². The molecule has 19 heteroatoms. The van der Waals surface area contributed by atoms with Crippen LogP contribution in [0.1, 0.15) is 27.8 Å². The highest BCUT2D eigenvalue weighted by Gasteiger charge is 2.39. The van der Waals surface area contributed by atoms with Crippen LogP contribution in [-0.2, 0) is 30.9 Å². The lowest BCUT2D eigenvalue weighted by atomic mass is 9.95. The van der Waals surface area contributed by atoms with E-state index < -0.39 is 81.9 Å². The Morgan fingerprint density at radius 1 is 0.279 bits per heavy atom. The molecule has 61 heavy (non-hydrogen) atoms. The number of hydrogen-bond acceptors (Lipinski definition) is 1. The summed E-state index contributed by atoms with van der Waals surface area (Å²) < 4.78 is 232. The quantitative estimate of drug-likeness (QED) is 0.160. The van der Waals surface area contributed by atoms with Gasteiger partial charge in [0.15, 0.2) is 0 Å². The normalized spacial score (nSPS) is 12.4. The van der Waals surface area contributed by atoms with Gasteiger partial charge in [-0.05, 0) is 76.3 Å². The Hall–Kier alpha value is -6.14.